The minimum absolute atomic E-state index is 0. The number of sulfonamides is 1. The minimum Gasteiger partial charge on any atom is -0.312 e. The highest BCUT2D eigenvalue weighted by molar-refractivity contribution is 7.89. The number of hydrogen-bond acceptors (Lipinski definition) is 4. The van der Waals surface area contributed by atoms with Crippen LogP contribution in [0.2, 0.25) is 0 Å². The number of ketones is 1. The van der Waals surface area contributed by atoms with Gasteiger partial charge in [0.25, 0.3) is 0 Å². The van der Waals surface area contributed by atoms with Crippen LogP contribution in [-0.2, 0) is 10.0 Å². The second-order valence-corrected chi connectivity index (χ2v) is 7.82. The van der Waals surface area contributed by atoms with E-state index in [1.807, 2.05) is 13.0 Å². The van der Waals surface area contributed by atoms with Crippen molar-refractivity contribution < 1.29 is 13.2 Å². The fourth-order valence-electron chi connectivity index (χ4n) is 2.88. The quantitative estimate of drug-likeness (QED) is 0.826. The molecule has 1 saturated heterocycles. The van der Waals surface area contributed by atoms with Crippen molar-refractivity contribution in [2.75, 3.05) is 19.6 Å². The maximum atomic E-state index is 13.0. The molecule has 1 aliphatic heterocycles. The number of benzene rings is 2. The standard InChI is InChI=1S/C18H20N2O3S.ClH/c1-14-13-20(12-11-19-14)24(22,23)17-10-6-5-9-16(17)18(21)15-7-3-2-4-8-15;/h2-10,14,19H,11-13H2,1H3;1H/t14-;/m0./s1. The lowest BCUT2D eigenvalue weighted by Crippen LogP contribution is -2.51. The summed E-state index contributed by atoms with van der Waals surface area (Å²) in [6.45, 7) is 3.36. The molecule has 1 heterocycles. The van der Waals surface area contributed by atoms with E-state index in [-0.39, 0.29) is 34.7 Å². The molecule has 0 radical (unpaired) electrons. The van der Waals surface area contributed by atoms with Crippen LogP contribution in [0.4, 0.5) is 0 Å². The van der Waals surface area contributed by atoms with E-state index in [1.165, 1.54) is 10.4 Å². The topological polar surface area (TPSA) is 66.5 Å². The van der Waals surface area contributed by atoms with Gasteiger partial charge in [-0.3, -0.25) is 4.79 Å². The summed E-state index contributed by atoms with van der Waals surface area (Å²) >= 11 is 0. The van der Waals surface area contributed by atoms with Gasteiger partial charge in [-0.2, -0.15) is 4.31 Å². The Bertz CT molecular complexity index is 840. The average molecular weight is 381 g/mol. The molecule has 1 fully saturated rings. The third kappa shape index (κ3) is 4.10. The van der Waals surface area contributed by atoms with Crippen molar-refractivity contribution in [1.82, 2.24) is 9.62 Å². The van der Waals surface area contributed by atoms with E-state index in [0.29, 0.717) is 25.2 Å². The number of nitrogens with one attached hydrogen (secondary N) is 1. The minimum atomic E-state index is -3.71. The molecule has 1 N–H and O–H groups in total. The van der Waals surface area contributed by atoms with Gasteiger partial charge in [-0.1, -0.05) is 42.5 Å². The lowest BCUT2D eigenvalue weighted by molar-refractivity contribution is 0.103. The SMILES string of the molecule is C[C@H]1CN(S(=O)(=O)c2ccccc2C(=O)c2ccccc2)CCN1.Cl. The van der Waals surface area contributed by atoms with Gasteiger partial charge in [-0.05, 0) is 19.1 Å². The largest absolute Gasteiger partial charge is 0.312 e. The third-order valence-electron chi connectivity index (χ3n) is 4.12. The summed E-state index contributed by atoms with van der Waals surface area (Å²) in [4.78, 5) is 12.8. The van der Waals surface area contributed by atoms with E-state index in [1.54, 1.807) is 42.5 Å². The zero-order chi connectivity index (χ0) is 17.2. The second kappa shape index (κ2) is 8.10. The van der Waals surface area contributed by atoms with E-state index in [0.717, 1.165) is 0 Å². The van der Waals surface area contributed by atoms with Gasteiger partial charge in [0.2, 0.25) is 10.0 Å². The average Bonchev–Trinajstić information content (AvgIpc) is 2.62. The first kappa shape index (κ1) is 19.6. The Morgan fingerprint density at radius 3 is 2.40 bits per heavy atom. The van der Waals surface area contributed by atoms with Gasteiger partial charge in [0.15, 0.2) is 5.78 Å². The Kier molecular flexibility index (Phi) is 6.35. The molecule has 7 heteroatoms. The predicted octanol–water partition coefficient (Wildman–Crippen LogP) is 2.32. The fraction of sp³-hybridized carbons (Fsp3) is 0.278. The number of piperazine rings is 1. The van der Waals surface area contributed by atoms with Crippen molar-refractivity contribution in [3.63, 3.8) is 0 Å². The zero-order valence-electron chi connectivity index (χ0n) is 13.9. The molecule has 0 spiro atoms. The Labute approximate surface area is 154 Å². The van der Waals surface area contributed by atoms with Crippen molar-refractivity contribution in [2.45, 2.75) is 17.9 Å². The van der Waals surface area contributed by atoms with E-state index in [4.69, 9.17) is 0 Å². The van der Waals surface area contributed by atoms with Crippen LogP contribution in [0.1, 0.15) is 22.8 Å². The summed E-state index contributed by atoms with van der Waals surface area (Å²) in [6, 6.07) is 15.3. The number of halogens is 1. The molecular formula is C18H21ClN2O3S. The van der Waals surface area contributed by atoms with Gasteiger partial charge >= 0.3 is 0 Å². The van der Waals surface area contributed by atoms with Gasteiger partial charge in [0, 0.05) is 36.8 Å². The first-order valence-electron chi connectivity index (χ1n) is 7.92. The van der Waals surface area contributed by atoms with Crippen molar-refractivity contribution >= 4 is 28.2 Å². The van der Waals surface area contributed by atoms with Gasteiger partial charge in [-0.15, -0.1) is 12.4 Å². The van der Waals surface area contributed by atoms with Crippen LogP contribution in [-0.4, -0.2) is 44.2 Å². The van der Waals surface area contributed by atoms with Crippen molar-refractivity contribution in [1.29, 1.82) is 0 Å². The number of carbonyl (C=O) groups is 1. The molecule has 0 aliphatic carbocycles. The smallest absolute Gasteiger partial charge is 0.243 e. The van der Waals surface area contributed by atoms with E-state index < -0.39 is 10.0 Å². The van der Waals surface area contributed by atoms with Crippen molar-refractivity contribution in [2.24, 2.45) is 0 Å². The van der Waals surface area contributed by atoms with Crippen molar-refractivity contribution in [3.05, 3.63) is 65.7 Å². The lowest BCUT2D eigenvalue weighted by Gasteiger charge is -2.31. The van der Waals surface area contributed by atoms with Crippen LogP contribution in [0.25, 0.3) is 0 Å². The van der Waals surface area contributed by atoms with E-state index in [2.05, 4.69) is 5.32 Å². The highest BCUT2D eigenvalue weighted by atomic mass is 35.5. The summed E-state index contributed by atoms with van der Waals surface area (Å²) in [6.07, 6.45) is 0. The molecule has 0 saturated carbocycles. The summed E-state index contributed by atoms with van der Waals surface area (Å²) in [5, 5.41) is 3.23. The van der Waals surface area contributed by atoms with Crippen LogP contribution < -0.4 is 5.32 Å². The Hall–Kier alpha value is -1.73. The zero-order valence-corrected chi connectivity index (χ0v) is 15.5. The van der Waals surface area contributed by atoms with Crippen LogP contribution in [0.3, 0.4) is 0 Å². The van der Waals surface area contributed by atoms with Crippen molar-refractivity contribution in [3.8, 4) is 0 Å². The second-order valence-electron chi connectivity index (χ2n) is 5.91. The summed E-state index contributed by atoms with van der Waals surface area (Å²) < 4.78 is 27.5. The molecule has 2 aromatic rings. The van der Waals surface area contributed by atoms with Gasteiger partial charge < -0.3 is 5.32 Å². The van der Waals surface area contributed by atoms with Crippen LogP contribution in [0.15, 0.2) is 59.5 Å². The molecule has 1 atom stereocenters. The third-order valence-corrected chi connectivity index (χ3v) is 6.04. The first-order valence-corrected chi connectivity index (χ1v) is 9.36. The maximum absolute atomic E-state index is 13.0. The van der Waals surface area contributed by atoms with Gasteiger partial charge in [0.05, 0.1) is 4.90 Å². The Balaban J connectivity index is 0.00000225. The number of carbonyl (C=O) groups excluding carboxylic acids is 1. The molecule has 0 unspecified atom stereocenters. The van der Waals surface area contributed by atoms with Crippen LogP contribution in [0, 0.1) is 0 Å². The summed E-state index contributed by atoms with van der Waals surface area (Å²) in [5.74, 6) is -0.280. The monoisotopic (exact) mass is 380 g/mol. The van der Waals surface area contributed by atoms with Crippen LogP contribution in [0.5, 0.6) is 0 Å². The number of nitrogens with zero attached hydrogens (tertiary/aromatic N) is 1. The summed E-state index contributed by atoms with van der Waals surface area (Å²) in [7, 11) is -3.71. The highest BCUT2D eigenvalue weighted by Gasteiger charge is 2.31. The fourth-order valence-corrected chi connectivity index (χ4v) is 4.60. The molecule has 25 heavy (non-hydrogen) atoms. The number of rotatable bonds is 4. The molecule has 5 nitrogen and oxygen atoms in total. The molecule has 0 aromatic heterocycles. The normalized spacial score (nSPS) is 18.4. The van der Waals surface area contributed by atoms with E-state index in [9.17, 15) is 13.2 Å². The molecule has 0 bridgehead atoms. The van der Waals surface area contributed by atoms with E-state index >= 15 is 0 Å². The maximum Gasteiger partial charge on any atom is 0.243 e. The first-order chi connectivity index (χ1) is 11.5. The number of hydrogen-bond donors (Lipinski definition) is 1. The van der Waals surface area contributed by atoms with Gasteiger partial charge in [0.1, 0.15) is 0 Å². The highest BCUT2D eigenvalue weighted by Crippen LogP contribution is 2.23. The Morgan fingerprint density at radius 1 is 1.08 bits per heavy atom. The van der Waals surface area contributed by atoms with Crippen LogP contribution >= 0.6 is 12.4 Å². The Morgan fingerprint density at radius 2 is 1.72 bits per heavy atom. The predicted molar refractivity (Wildman–Crippen MR) is 99.8 cm³/mol. The van der Waals surface area contributed by atoms with Gasteiger partial charge in [-0.25, -0.2) is 8.42 Å². The molecular weight excluding hydrogens is 360 g/mol. The lowest BCUT2D eigenvalue weighted by atomic mass is 10.0. The molecule has 1 aliphatic rings. The summed E-state index contributed by atoms with van der Waals surface area (Å²) in [5.41, 5.74) is 0.698. The molecule has 0 amide bonds. The molecule has 2 aromatic carbocycles. The molecule has 134 valence electrons. The molecule has 3 rings (SSSR count).